The highest BCUT2D eigenvalue weighted by molar-refractivity contribution is 5.75. The molecule has 5 rings (SSSR count). The molecule has 2 N–H and O–H groups in total. The standard InChI is InChI=1S/C13H11N.C13H20O2.C3H7NO2/c1-2-11-6-8-12(9-7-11)13-5-3-4-10-14-13;1-8-11-6-9-4-2-3-5-10(9)7-12(11)13(14)15-8;1-2-6-3(4)5/h2-10H,1H2;8-12H,2-7H2,1H3;2H2,1H3,(H2,4,5)/t;8?,9-,10?,11?,12?;/m.0./s1. The number of ether oxygens (including phenoxy) is 2. The van der Waals surface area contributed by atoms with Crippen molar-refractivity contribution in [1.82, 2.24) is 4.98 Å². The molecular weight excluding hydrogens is 440 g/mol. The normalized spacial score (nSPS) is 26.3. The van der Waals surface area contributed by atoms with Gasteiger partial charge in [-0.3, -0.25) is 9.78 Å². The van der Waals surface area contributed by atoms with E-state index < -0.39 is 6.09 Å². The van der Waals surface area contributed by atoms with Crippen LogP contribution in [0.1, 0.15) is 57.9 Å². The van der Waals surface area contributed by atoms with E-state index >= 15 is 0 Å². The summed E-state index contributed by atoms with van der Waals surface area (Å²) in [5.74, 6) is 2.61. The van der Waals surface area contributed by atoms with Gasteiger partial charge in [-0.15, -0.1) is 0 Å². The first-order chi connectivity index (χ1) is 16.9. The van der Waals surface area contributed by atoms with Gasteiger partial charge < -0.3 is 15.2 Å². The first-order valence-corrected chi connectivity index (χ1v) is 12.7. The summed E-state index contributed by atoms with van der Waals surface area (Å²) in [4.78, 5) is 25.5. The Hall–Kier alpha value is -3.15. The second-order valence-electron chi connectivity index (χ2n) is 9.48. The maximum Gasteiger partial charge on any atom is 0.404 e. The number of pyridine rings is 1. The highest BCUT2D eigenvalue weighted by Crippen LogP contribution is 2.49. The average molecular weight is 479 g/mol. The van der Waals surface area contributed by atoms with Crippen LogP contribution in [0.15, 0.2) is 55.2 Å². The van der Waals surface area contributed by atoms with Gasteiger partial charge in [0.15, 0.2) is 0 Å². The van der Waals surface area contributed by atoms with E-state index in [0.29, 0.717) is 12.5 Å². The lowest BCUT2D eigenvalue weighted by atomic mass is 9.63. The van der Waals surface area contributed by atoms with Crippen molar-refractivity contribution in [3.8, 4) is 11.3 Å². The molecular formula is C29H38N2O4. The molecule has 188 valence electrons. The summed E-state index contributed by atoms with van der Waals surface area (Å²) in [5, 5.41) is 0. The van der Waals surface area contributed by atoms with Gasteiger partial charge >= 0.3 is 12.1 Å². The molecule has 3 aliphatic rings. The molecule has 2 saturated carbocycles. The van der Waals surface area contributed by atoms with Crippen molar-refractivity contribution in [2.24, 2.45) is 29.4 Å². The first kappa shape index (κ1) is 26.5. The molecule has 5 atom stereocenters. The van der Waals surface area contributed by atoms with Gasteiger partial charge in [0.05, 0.1) is 18.2 Å². The predicted molar refractivity (Wildman–Crippen MR) is 138 cm³/mol. The van der Waals surface area contributed by atoms with Gasteiger partial charge in [0, 0.05) is 17.7 Å². The number of aromatic nitrogens is 1. The Morgan fingerprint density at radius 2 is 1.83 bits per heavy atom. The van der Waals surface area contributed by atoms with Crippen molar-refractivity contribution in [2.45, 2.75) is 58.5 Å². The third-order valence-corrected chi connectivity index (χ3v) is 7.32. The third-order valence-electron chi connectivity index (χ3n) is 7.32. The summed E-state index contributed by atoms with van der Waals surface area (Å²) in [6.45, 7) is 7.85. The molecule has 0 radical (unpaired) electrons. The van der Waals surface area contributed by atoms with Crippen LogP contribution in [0.25, 0.3) is 17.3 Å². The molecule has 3 fully saturated rings. The second-order valence-corrected chi connectivity index (χ2v) is 9.48. The Bertz CT molecular complexity index is 960. The Balaban J connectivity index is 0.000000161. The summed E-state index contributed by atoms with van der Waals surface area (Å²) in [6, 6.07) is 14.1. The van der Waals surface area contributed by atoms with E-state index in [2.05, 4.69) is 41.1 Å². The monoisotopic (exact) mass is 478 g/mol. The van der Waals surface area contributed by atoms with Crippen molar-refractivity contribution in [3.05, 3.63) is 60.8 Å². The Labute approximate surface area is 208 Å². The van der Waals surface area contributed by atoms with E-state index in [1.54, 1.807) is 13.1 Å². The molecule has 0 bridgehead atoms. The van der Waals surface area contributed by atoms with Crippen LogP contribution in [-0.2, 0) is 14.3 Å². The van der Waals surface area contributed by atoms with Crippen LogP contribution in [0.3, 0.4) is 0 Å². The van der Waals surface area contributed by atoms with Crippen LogP contribution < -0.4 is 5.73 Å². The number of carbonyl (C=O) groups is 2. The number of fused-ring (bicyclic) bond motifs is 2. The van der Waals surface area contributed by atoms with E-state index in [1.165, 1.54) is 32.1 Å². The lowest BCUT2D eigenvalue weighted by molar-refractivity contribution is -0.144. The smallest absolute Gasteiger partial charge is 0.404 e. The molecule has 1 saturated heterocycles. The lowest BCUT2D eigenvalue weighted by Gasteiger charge is -2.40. The van der Waals surface area contributed by atoms with E-state index in [9.17, 15) is 9.59 Å². The maximum absolute atomic E-state index is 11.7. The minimum absolute atomic E-state index is 0.0940. The van der Waals surface area contributed by atoms with Gasteiger partial charge in [-0.2, -0.15) is 0 Å². The lowest BCUT2D eigenvalue weighted by Crippen LogP contribution is -2.35. The topological polar surface area (TPSA) is 91.5 Å². The Kier molecular flexibility index (Phi) is 9.88. The number of primary amides is 1. The molecule has 2 aliphatic carbocycles. The number of hydrogen-bond acceptors (Lipinski definition) is 5. The molecule has 1 aromatic heterocycles. The Morgan fingerprint density at radius 1 is 1.14 bits per heavy atom. The minimum atomic E-state index is -0.711. The number of hydrogen-bond donors (Lipinski definition) is 1. The fraction of sp³-hybridized carbons (Fsp3) is 0.483. The molecule has 1 amide bonds. The number of rotatable bonds is 3. The molecule has 6 nitrogen and oxygen atoms in total. The molecule has 2 heterocycles. The first-order valence-electron chi connectivity index (χ1n) is 12.7. The molecule has 6 heteroatoms. The molecule has 2 aromatic rings. The summed E-state index contributed by atoms with van der Waals surface area (Å²) in [5.41, 5.74) is 7.81. The Morgan fingerprint density at radius 3 is 2.37 bits per heavy atom. The fourth-order valence-electron chi connectivity index (χ4n) is 5.53. The van der Waals surface area contributed by atoms with E-state index in [1.807, 2.05) is 36.4 Å². The summed E-state index contributed by atoms with van der Waals surface area (Å²) < 4.78 is 9.56. The van der Waals surface area contributed by atoms with Crippen LogP contribution in [-0.4, -0.2) is 29.8 Å². The van der Waals surface area contributed by atoms with E-state index in [4.69, 9.17) is 4.74 Å². The van der Waals surface area contributed by atoms with Gasteiger partial charge in [-0.25, -0.2) is 4.79 Å². The number of benzene rings is 1. The molecule has 0 spiro atoms. The number of carbonyl (C=O) groups excluding carboxylic acids is 2. The summed E-state index contributed by atoms with van der Waals surface area (Å²) in [7, 11) is 0. The largest absolute Gasteiger partial charge is 0.462 e. The number of nitrogens with two attached hydrogens (primary N) is 1. The van der Waals surface area contributed by atoms with Crippen LogP contribution in [0.4, 0.5) is 4.79 Å². The van der Waals surface area contributed by atoms with Crippen molar-refractivity contribution in [2.75, 3.05) is 6.61 Å². The van der Waals surface area contributed by atoms with Crippen LogP contribution in [0.2, 0.25) is 0 Å². The SMILES string of the molecule is C=Cc1ccc(-c2ccccn2)cc1.CC1OC(=O)C2CC3CCCC[C@H]3CC12.CCOC(N)=O. The van der Waals surface area contributed by atoms with Gasteiger partial charge in [0.1, 0.15) is 6.10 Å². The van der Waals surface area contributed by atoms with Gasteiger partial charge in [0.2, 0.25) is 0 Å². The van der Waals surface area contributed by atoms with E-state index in [-0.39, 0.29) is 18.0 Å². The molecule has 4 unspecified atom stereocenters. The second kappa shape index (κ2) is 13.1. The van der Waals surface area contributed by atoms with Gasteiger partial charge in [-0.1, -0.05) is 68.7 Å². The van der Waals surface area contributed by atoms with Gasteiger partial charge in [0.25, 0.3) is 0 Å². The predicted octanol–water partition coefficient (Wildman–Crippen LogP) is 6.26. The van der Waals surface area contributed by atoms with Crippen molar-refractivity contribution in [1.29, 1.82) is 0 Å². The van der Waals surface area contributed by atoms with Crippen molar-refractivity contribution in [3.63, 3.8) is 0 Å². The van der Waals surface area contributed by atoms with Crippen molar-refractivity contribution >= 4 is 18.1 Å². The molecule has 1 aromatic carbocycles. The number of nitrogens with zero attached hydrogens (tertiary/aromatic N) is 1. The number of esters is 1. The van der Waals surface area contributed by atoms with Crippen LogP contribution in [0, 0.1) is 23.7 Å². The quantitative estimate of drug-likeness (QED) is 0.526. The fourth-order valence-corrected chi connectivity index (χ4v) is 5.53. The number of amides is 1. The maximum atomic E-state index is 11.7. The van der Waals surface area contributed by atoms with Crippen LogP contribution >= 0.6 is 0 Å². The number of cyclic esters (lactones) is 1. The third kappa shape index (κ3) is 7.41. The summed E-state index contributed by atoms with van der Waals surface area (Å²) in [6.07, 6.45) is 11.0. The van der Waals surface area contributed by atoms with Crippen LogP contribution in [0.5, 0.6) is 0 Å². The highest BCUT2D eigenvalue weighted by Gasteiger charge is 2.49. The van der Waals surface area contributed by atoms with Gasteiger partial charge in [-0.05, 0) is 56.2 Å². The van der Waals surface area contributed by atoms with Crippen molar-refractivity contribution < 1.29 is 19.1 Å². The zero-order valence-corrected chi connectivity index (χ0v) is 20.9. The highest BCUT2D eigenvalue weighted by atomic mass is 16.6. The zero-order chi connectivity index (χ0) is 25.2. The molecule has 1 aliphatic heterocycles. The zero-order valence-electron chi connectivity index (χ0n) is 20.9. The minimum Gasteiger partial charge on any atom is -0.462 e. The summed E-state index contributed by atoms with van der Waals surface area (Å²) >= 11 is 0. The average Bonchev–Trinajstić information content (AvgIpc) is 3.16. The molecule has 35 heavy (non-hydrogen) atoms. The van der Waals surface area contributed by atoms with E-state index in [0.717, 1.165) is 35.1 Å².